The highest BCUT2D eigenvalue weighted by Crippen LogP contribution is 2.17. The zero-order valence-corrected chi connectivity index (χ0v) is 11.2. The van der Waals surface area contributed by atoms with Crippen LogP contribution in [0.25, 0.3) is 0 Å². The van der Waals surface area contributed by atoms with E-state index in [1.807, 2.05) is 6.20 Å². The van der Waals surface area contributed by atoms with E-state index in [4.69, 9.17) is 0 Å². The molecular formula is C14H25N3. The Kier molecular flexibility index (Phi) is 4.60. The largest absolute Gasteiger partial charge is 0.333 e. The van der Waals surface area contributed by atoms with Crippen LogP contribution in [-0.4, -0.2) is 22.1 Å². The second-order valence-corrected chi connectivity index (χ2v) is 5.42. The van der Waals surface area contributed by atoms with Crippen LogP contribution in [0.2, 0.25) is 0 Å². The number of aromatic nitrogens is 2. The van der Waals surface area contributed by atoms with Crippen LogP contribution < -0.4 is 5.32 Å². The Hall–Kier alpha value is -0.830. The van der Waals surface area contributed by atoms with E-state index < -0.39 is 0 Å². The molecule has 3 nitrogen and oxygen atoms in total. The molecule has 96 valence electrons. The first-order chi connectivity index (χ1) is 8.27. The van der Waals surface area contributed by atoms with Crippen LogP contribution in [0.5, 0.6) is 0 Å². The maximum Gasteiger partial charge on any atom is 0.111 e. The molecule has 1 saturated carbocycles. The number of nitrogens with zero attached hydrogens (tertiary/aromatic N) is 2. The summed E-state index contributed by atoms with van der Waals surface area (Å²) in [7, 11) is 0. The zero-order chi connectivity index (χ0) is 12.1. The third-order valence-corrected chi connectivity index (χ3v) is 3.65. The van der Waals surface area contributed by atoms with E-state index in [2.05, 4.69) is 34.9 Å². The highest BCUT2D eigenvalue weighted by molar-refractivity contribution is 4.97. The molecule has 1 aromatic heterocycles. The zero-order valence-electron chi connectivity index (χ0n) is 11.2. The van der Waals surface area contributed by atoms with Crippen molar-refractivity contribution in [3.8, 4) is 0 Å². The summed E-state index contributed by atoms with van der Waals surface area (Å²) in [5.41, 5.74) is 0. The van der Waals surface area contributed by atoms with Crippen LogP contribution in [0.3, 0.4) is 0 Å². The molecule has 1 fully saturated rings. The lowest BCUT2D eigenvalue weighted by molar-refractivity contribution is 0.366. The summed E-state index contributed by atoms with van der Waals surface area (Å²) >= 11 is 0. The summed E-state index contributed by atoms with van der Waals surface area (Å²) in [5, 5.41) is 3.68. The first-order valence-electron chi connectivity index (χ1n) is 7.02. The molecule has 0 unspecified atom stereocenters. The van der Waals surface area contributed by atoms with Crippen LogP contribution in [-0.2, 0) is 6.54 Å². The predicted octanol–water partition coefficient (Wildman–Crippen LogP) is 2.93. The van der Waals surface area contributed by atoms with E-state index in [-0.39, 0.29) is 0 Å². The van der Waals surface area contributed by atoms with Crippen molar-refractivity contribution < 1.29 is 0 Å². The molecule has 0 atom stereocenters. The van der Waals surface area contributed by atoms with Crippen molar-refractivity contribution in [1.82, 2.24) is 14.9 Å². The topological polar surface area (TPSA) is 29.9 Å². The number of hydrogen-bond donors (Lipinski definition) is 1. The molecule has 1 N–H and O–H groups in total. The minimum absolute atomic E-state index is 0.514. The van der Waals surface area contributed by atoms with E-state index in [0.717, 1.165) is 19.1 Å². The lowest BCUT2D eigenvalue weighted by atomic mass is 9.95. The SMILES string of the molecule is CC(C)c1nccn1CCNC1CCCCC1. The summed E-state index contributed by atoms with van der Waals surface area (Å²) in [5.74, 6) is 1.72. The van der Waals surface area contributed by atoms with Gasteiger partial charge < -0.3 is 9.88 Å². The van der Waals surface area contributed by atoms with Gasteiger partial charge in [0, 0.05) is 37.4 Å². The molecule has 3 heteroatoms. The smallest absolute Gasteiger partial charge is 0.111 e. The number of rotatable bonds is 5. The Morgan fingerprint density at radius 3 is 2.82 bits per heavy atom. The minimum Gasteiger partial charge on any atom is -0.333 e. The van der Waals surface area contributed by atoms with Crippen molar-refractivity contribution in [2.45, 2.75) is 64.5 Å². The Bertz CT molecular complexity index is 324. The fourth-order valence-electron chi connectivity index (χ4n) is 2.71. The van der Waals surface area contributed by atoms with Crippen molar-refractivity contribution in [2.75, 3.05) is 6.54 Å². The molecule has 0 aromatic carbocycles. The Morgan fingerprint density at radius 1 is 1.35 bits per heavy atom. The molecular weight excluding hydrogens is 210 g/mol. The molecule has 0 radical (unpaired) electrons. The number of nitrogens with one attached hydrogen (secondary N) is 1. The van der Waals surface area contributed by atoms with Crippen molar-refractivity contribution in [2.24, 2.45) is 0 Å². The fourth-order valence-corrected chi connectivity index (χ4v) is 2.71. The monoisotopic (exact) mass is 235 g/mol. The quantitative estimate of drug-likeness (QED) is 0.850. The van der Waals surface area contributed by atoms with Gasteiger partial charge in [0.25, 0.3) is 0 Å². The van der Waals surface area contributed by atoms with Crippen molar-refractivity contribution >= 4 is 0 Å². The lowest BCUT2D eigenvalue weighted by Gasteiger charge is -2.23. The van der Waals surface area contributed by atoms with Gasteiger partial charge in [0.15, 0.2) is 0 Å². The predicted molar refractivity (Wildman–Crippen MR) is 71.2 cm³/mol. The molecule has 0 bridgehead atoms. The molecule has 0 amide bonds. The van der Waals surface area contributed by atoms with Gasteiger partial charge in [-0.1, -0.05) is 33.1 Å². The van der Waals surface area contributed by atoms with Gasteiger partial charge in [0.1, 0.15) is 5.82 Å². The minimum atomic E-state index is 0.514. The van der Waals surface area contributed by atoms with E-state index >= 15 is 0 Å². The second-order valence-electron chi connectivity index (χ2n) is 5.42. The van der Waals surface area contributed by atoms with Gasteiger partial charge >= 0.3 is 0 Å². The molecule has 2 rings (SSSR count). The third-order valence-electron chi connectivity index (χ3n) is 3.65. The summed E-state index contributed by atoms with van der Waals surface area (Å²) in [6.07, 6.45) is 11.0. The normalized spacial score (nSPS) is 17.8. The number of hydrogen-bond acceptors (Lipinski definition) is 2. The molecule has 17 heavy (non-hydrogen) atoms. The highest BCUT2D eigenvalue weighted by atomic mass is 15.1. The molecule has 0 spiro atoms. The van der Waals surface area contributed by atoms with E-state index in [0.29, 0.717) is 5.92 Å². The van der Waals surface area contributed by atoms with Gasteiger partial charge in [-0.05, 0) is 12.8 Å². The maximum absolute atomic E-state index is 4.42. The summed E-state index contributed by atoms with van der Waals surface area (Å²) in [6.45, 7) is 6.52. The van der Waals surface area contributed by atoms with Gasteiger partial charge in [-0.15, -0.1) is 0 Å². The van der Waals surface area contributed by atoms with Crippen molar-refractivity contribution in [3.05, 3.63) is 18.2 Å². The maximum atomic E-state index is 4.42. The average molecular weight is 235 g/mol. The van der Waals surface area contributed by atoms with Crippen LogP contribution in [0.4, 0.5) is 0 Å². The summed E-state index contributed by atoms with van der Waals surface area (Å²) in [4.78, 5) is 4.42. The summed E-state index contributed by atoms with van der Waals surface area (Å²) in [6, 6.07) is 0.759. The third kappa shape index (κ3) is 3.56. The van der Waals surface area contributed by atoms with Crippen molar-refractivity contribution in [3.63, 3.8) is 0 Å². The lowest BCUT2D eigenvalue weighted by Crippen LogP contribution is -2.33. The first-order valence-corrected chi connectivity index (χ1v) is 7.02. The van der Waals surface area contributed by atoms with Crippen LogP contribution in [0.15, 0.2) is 12.4 Å². The Morgan fingerprint density at radius 2 is 2.12 bits per heavy atom. The standard InChI is InChI=1S/C14H25N3/c1-12(2)14-16-9-11-17(14)10-8-15-13-6-4-3-5-7-13/h9,11-13,15H,3-8,10H2,1-2H3. The molecule has 0 aliphatic heterocycles. The van der Waals surface area contributed by atoms with Gasteiger partial charge in [-0.25, -0.2) is 4.98 Å². The summed E-state index contributed by atoms with van der Waals surface area (Å²) < 4.78 is 2.28. The van der Waals surface area contributed by atoms with Gasteiger partial charge in [-0.3, -0.25) is 0 Å². The van der Waals surface area contributed by atoms with Crippen LogP contribution in [0.1, 0.15) is 57.7 Å². The average Bonchev–Trinajstić information content (AvgIpc) is 2.79. The molecule has 1 aliphatic rings. The highest BCUT2D eigenvalue weighted by Gasteiger charge is 2.12. The van der Waals surface area contributed by atoms with Crippen LogP contribution >= 0.6 is 0 Å². The fraction of sp³-hybridized carbons (Fsp3) is 0.786. The first kappa shape index (κ1) is 12.6. The van der Waals surface area contributed by atoms with Gasteiger partial charge in [0.05, 0.1) is 0 Å². The van der Waals surface area contributed by atoms with E-state index in [1.54, 1.807) is 0 Å². The van der Waals surface area contributed by atoms with Crippen molar-refractivity contribution in [1.29, 1.82) is 0 Å². The molecule has 0 saturated heterocycles. The van der Waals surface area contributed by atoms with Gasteiger partial charge in [-0.2, -0.15) is 0 Å². The number of imidazole rings is 1. The molecule has 1 heterocycles. The van der Waals surface area contributed by atoms with E-state index in [1.165, 1.54) is 37.9 Å². The van der Waals surface area contributed by atoms with Gasteiger partial charge in [0.2, 0.25) is 0 Å². The van der Waals surface area contributed by atoms with Crippen LogP contribution in [0, 0.1) is 0 Å². The second kappa shape index (κ2) is 6.20. The molecule has 1 aromatic rings. The Balaban J connectivity index is 1.75. The van der Waals surface area contributed by atoms with E-state index in [9.17, 15) is 0 Å². The molecule has 1 aliphatic carbocycles. The Labute approximate surface area is 105 Å².